The lowest BCUT2D eigenvalue weighted by atomic mass is 10.1. The number of ether oxygens (including phenoxy) is 1. The van der Waals surface area contributed by atoms with Crippen LogP contribution in [-0.4, -0.2) is 27.2 Å². The molecule has 3 heterocycles. The van der Waals surface area contributed by atoms with Crippen molar-refractivity contribution < 1.29 is 19.1 Å². The molecule has 1 aliphatic heterocycles. The SMILES string of the molecule is Cc1csc2nc(COC(=O)c3ccc(N4C(=O)c5ccccc5C4=O)cc3)cc(=O)n12. The number of thiazole rings is 1. The van der Waals surface area contributed by atoms with E-state index in [1.807, 2.05) is 12.3 Å². The molecule has 32 heavy (non-hydrogen) atoms. The van der Waals surface area contributed by atoms with Crippen LogP contribution in [0.4, 0.5) is 5.69 Å². The Bertz CT molecular complexity index is 1430. The van der Waals surface area contributed by atoms with Crippen LogP contribution in [0.15, 0.2) is 64.8 Å². The molecule has 5 rings (SSSR count). The summed E-state index contributed by atoms with van der Waals surface area (Å²) >= 11 is 1.33. The van der Waals surface area contributed by atoms with E-state index in [-0.39, 0.29) is 17.7 Å². The Kier molecular flexibility index (Phi) is 4.67. The number of amides is 2. The molecule has 8 nitrogen and oxygen atoms in total. The van der Waals surface area contributed by atoms with Gasteiger partial charge < -0.3 is 4.74 Å². The maximum absolute atomic E-state index is 12.6. The van der Waals surface area contributed by atoms with Crippen LogP contribution < -0.4 is 10.5 Å². The molecule has 0 atom stereocenters. The van der Waals surface area contributed by atoms with Gasteiger partial charge >= 0.3 is 5.97 Å². The van der Waals surface area contributed by atoms with Gasteiger partial charge in [0, 0.05) is 17.1 Å². The van der Waals surface area contributed by atoms with Crippen molar-refractivity contribution in [3.05, 3.63) is 98.4 Å². The Hall–Kier alpha value is -4.11. The van der Waals surface area contributed by atoms with E-state index in [1.165, 1.54) is 46.1 Å². The van der Waals surface area contributed by atoms with Crippen LogP contribution in [-0.2, 0) is 11.3 Å². The number of benzene rings is 2. The number of esters is 1. The molecule has 0 spiro atoms. The van der Waals surface area contributed by atoms with Gasteiger partial charge in [-0.3, -0.25) is 18.8 Å². The Balaban J connectivity index is 1.31. The first-order valence-corrected chi connectivity index (χ1v) is 10.5. The molecule has 0 aliphatic carbocycles. The van der Waals surface area contributed by atoms with Crippen LogP contribution >= 0.6 is 11.3 Å². The predicted molar refractivity (Wildman–Crippen MR) is 117 cm³/mol. The summed E-state index contributed by atoms with van der Waals surface area (Å²) in [5.74, 6) is -1.42. The zero-order valence-electron chi connectivity index (χ0n) is 16.8. The molecule has 0 N–H and O–H groups in total. The van der Waals surface area contributed by atoms with E-state index < -0.39 is 17.8 Å². The van der Waals surface area contributed by atoms with E-state index in [2.05, 4.69) is 4.98 Å². The third-order valence-electron chi connectivity index (χ3n) is 5.14. The van der Waals surface area contributed by atoms with Gasteiger partial charge in [-0.15, -0.1) is 11.3 Å². The number of nitrogens with zero attached hydrogens (tertiary/aromatic N) is 3. The van der Waals surface area contributed by atoms with Crippen LogP contribution in [0.25, 0.3) is 4.96 Å². The summed E-state index contributed by atoms with van der Waals surface area (Å²) in [6.07, 6.45) is 0. The third-order valence-corrected chi connectivity index (χ3v) is 6.08. The van der Waals surface area contributed by atoms with Crippen molar-refractivity contribution in [2.24, 2.45) is 0 Å². The molecule has 9 heteroatoms. The molecule has 0 saturated heterocycles. The van der Waals surface area contributed by atoms with Crippen molar-refractivity contribution >= 4 is 39.8 Å². The first-order chi connectivity index (χ1) is 15.4. The minimum Gasteiger partial charge on any atom is -0.456 e. The van der Waals surface area contributed by atoms with Crippen molar-refractivity contribution in [1.82, 2.24) is 9.38 Å². The molecule has 2 aromatic carbocycles. The van der Waals surface area contributed by atoms with Crippen molar-refractivity contribution in [2.45, 2.75) is 13.5 Å². The number of rotatable bonds is 4. The summed E-state index contributed by atoms with van der Waals surface area (Å²) in [6, 6.07) is 14.0. The smallest absolute Gasteiger partial charge is 0.338 e. The molecule has 2 amide bonds. The minimum atomic E-state index is -0.608. The van der Waals surface area contributed by atoms with Crippen LogP contribution in [0, 0.1) is 6.92 Å². The second kappa shape index (κ2) is 7.54. The number of anilines is 1. The predicted octanol–water partition coefficient (Wildman–Crippen LogP) is 3.22. The molecule has 0 bridgehead atoms. The average molecular weight is 445 g/mol. The van der Waals surface area contributed by atoms with Crippen molar-refractivity contribution in [3.8, 4) is 0 Å². The Morgan fingerprint density at radius 2 is 1.66 bits per heavy atom. The standard InChI is InChI=1S/C23H15N3O5S/c1-13-12-32-23-24-15(10-19(27)25(13)23)11-31-22(30)14-6-8-16(9-7-14)26-20(28)17-4-2-3-5-18(17)21(26)29/h2-10,12H,11H2,1H3. The summed E-state index contributed by atoms with van der Waals surface area (Å²) in [5.41, 5.74) is 2.22. The van der Waals surface area contributed by atoms with Gasteiger partial charge in [-0.25, -0.2) is 14.7 Å². The molecule has 0 saturated carbocycles. The molecule has 1 aliphatic rings. The number of hydrogen-bond acceptors (Lipinski definition) is 7. The Morgan fingerprint density at radius 3 is 2.31 bits per heavy atom. The lowest BCUT2D eigenvalue weighted by Crippen LogP contribution is -2.29. The number of aromatic nitrogens is 2. The van der Waals surface area contributed by atoms with Crippen molar-refractivity contribution in [3.63, 3.8) is 0 Å². The quantitative estimate of drug-likeness (QED) is 0.353. The number of carbonyl (C=O) groups is 3. The van der Waals surface area contributed by atoms with Gasteiger partial charge in [0.25, 0.3) is 17.4 Å². The number of hydrogen-bond donors (Lipinski definition) is 0. The van der Waals surface area contributed by atoms with E-state index in [1.54, 1.807) is 24.3 Å². The number of imide groups is 1. The highest BCUT2D eigenvalue weighted by Gasteiger charge is 2.36. The molecule has 0 radical (unpaired) electrons. The maximum atomic E-state index is 12.6. The van der Waals surface area contributed by atoms with Crippen molar-refractivity contribution in [2.75, 3.05) is 4.90 Å². The first kappa shape index (κ1) is 19.8. The highest BCUT2D eigenvalue weighted by Crippen LogP contribution is 2.28. The normalized spacial score (nSPS) is 13.0. The molecular weight excluding hydrogens is 430 g/mol. The molecule has 2 aromatic heterocycles. The van der Waals surface area contributed by atoms with Gasteiger partial charge in [0.1, 0.15) is 6.61 Å². The molecule has 0 fully saturated rings. The van der Waals surface area contributed by atoms with E-state index in [0.717, 1.165) is 10.6 Å². The minimum absolute atomic E-state index is 0.151. The highest BCUT2D eigenvalue weighted by atomic mass is 32.1. The van der Waals surface area contributed by atoms with Crippen molar-refractivity contribution in [1.29, 1.82) is 0 Å². The fourth-order valence-corrected chi connectivity index (χ4v) is 4.46. The summed E-state index contributed by atoms with van der Waals surface area (Å²) in [5, 5.41) is 1.83. The van der Waals surface area contributed by atoms with Gasteiger partial charge in [0.05, 0.1) is 28.1 Å². The van der Waals surface area contributed by atoms with Gasteiger partial charge in [0.2, 0.25) is 0 Å². The van der Waals surface area contributed by atoms with E-state index in [0.29, 0.717) is 27.5 Å². The third kappa shape index (κ3) is 3.19. The van der Waals surface area contributed by atoms with E-state index >= 15 is 0 Å². The fraction of sp³-hybridized carbons (Fsp3) is 0.0870. The molecular formula is C23H15N3O5S. The van der Waals surface area contributed by atoms with Gasteiger partial charge in [-0.1, -0.05) is 12.1 Å². The van der Waals surface area contributed by atoms with Gasteiger partial charge in [0.15, 0.2) is 4.96 Å². The van der Waals surface area contributed by atoms with Gasteiger partial charge in [-0.2, -0.15) is 0 Å². The molecule has 4 aromatic rings. The maximum Gasteiger partial charge on any atom is 0.338 e. The Morgan fingerprint density at radius 1 is 1.00 bits per heavy atom. The van der Waals surface area contributed by atoms with Crippen LogP contribution in [0.1, 0.15) is 42.5 Å². The summed E-state index contributed by atoms with van der Waals surface area (Å²) in [6.45, 7) is 1.67. The van der Waals surface area contributed by atoms with Gasteiger partial charge in [-0.05, 0) is 43.3 Å². The van der Waals surface area contributed by atoms with E-state index in [9.17, 15) is 19.2 Å². The molecule has 158 valence electrons. The summed E-state index contributed by atoms with van der Waals surface area (Å²) in [4.78, 5) is 55.8. The summed E-state index contributed by atoms with van der Waals surface area (Å²) < 4.78 is 6.78. The first-order valence-electron chi connectivity index (χ1n) is 9.66. The fourth-order valence-electron chi connectivity index (χ4n) is 3.57. The summed E-state index contributed by atoms with van der Waals surface area (Å²) in [7, 11) is 0. The average Bonchev–Trinajstić information content (AvgIpc) is 3.30. The topological polar surface area (TPSA) is 98.0 Å². The van der Waals surface area contributed by atoms with Crippen LogP contribution in [0.5, 0.6) is 0 Å². The zero-order valence-corrected chi connectivity index (χ0v) is 17.6. The number of carbonyl (C=O) groups excluding carboxylic acids is 3. The second-order valence-corrected chi connectivity index (χ2v) is 8.03. The highest BCUT2D eigenvalue weighted by molar-refractivity contribution is 7.15. The Labute approximate surface area is 185 Å². The monoisotopic (exact) mass is 445 g/mol. The van der Waals surface area contributed by atoms with Crippen LogP contribution in [0.3, 0.4) is 0 Å². The number of fused-ring (bicyclic) bond motifs is 2. The van der Waals surface area contributed by atoms with E-state index in [4.69, 9.17) is 4.74 Å². The lowest BCUT2D eigenvalue weighted by molar-refractivity contribution is 0.0467. The largest absolute Gasteiger partial charge is 0.456 e. The lowest BCUT2D eigenvalue weighted by Gasteiger charge is -2.14. The van der Waals surface area contributed by atoms with Crippen LogP contribution in [0.2, 0.25) is 0 Å². The molecule has 0 unspecified atom stereocenters. The second-order valence-electron chi connectivity index (χ2n) is 7.20. The zero-order chi connectivity index (χ0) is 22.4. The number of aryl methyl sites for hydroxylation is 1.